The molecule has 1 atom stereocenters. The molecule has 2 aromatic heterocycles. The third-order valence-corrected chi connectivity index (χ3v) is 7.30. The van der Waals surface area contributed by atoms with Crippen LogP contribution >= 0.6 is 27.3 Å². The number of pyridine rings is 1. The highest BCUT2D eigenvalue weighted by molar-refractivity contribution is 9.11. The molecule has 1 amide bonds. The summed E-state index contributed by atoms with van der Waals surface area (Å²) in [5.74, 6) is 0.367. The zero-order chi connectivity index (χ0) is 26.4. The molecule has 0 fully saturated rings. The van der Waals surface area contributed by atoms with E-state index in [1.807, 2.05) is 49.4 Å². The Labute approximate surface area is 227 Å². The number of thiophene rings is 1. The molecular weight excluding hydrogens is 556 g/mol. The topological polar surface area (TPSA) is 86.8 Å². The van der Waals surface area contributed by atoms with Crippen molar-refractivity contribution in [1.82, 2.24) is 10.3 Å². The number of nitrogens with zero attached hydrogens (tertiary/aromatic N) is 1. The number of ether oxygens (including phenoxy) is 3. The Balaban J connectivity index is 1.73. The summed E-state index contributed by atoms with van der Waals surface area (Å²) in [6, 6.07) is 17.9. The third-order valence-electron chi connectivity index (χ3n) is 5.66. The Morgan fingerprint density at radius 1 is 1.03 bits per heavy atom. The maximum atomic E-state index is 13.7. The molecule has 0 bridgehead atoms. The molecule has 4 aromatic rings. The minimum Gasteiger partial charge on any atom is -0.493 e. The van der Waals surface area contributed by atoms with Gasteiger partial charge < -0.3 is 19.5 Å². The van der Waals surface area contributed by atoms with Gasteiger partial charge in [-0.15, -0.1) is 11.3 Å². The lowest BCUT2D eigenvalue weighted by Gasteiger charge is -2.21. The van der Waals surface area contributed by atoms with E-state index in [-0.39, 0.29) is 18.9 Å². The van der Waals surface area contributed by atoms with Gasteiger partial charge in [0.05, 0.1) is 58.2 Å². The number of halogens is 1. The molecule has 0 radical (unpaired) electrons. The summed E-state index contributed by atoms with van der Waals surface area (Å²) in [6.07, 6.45) is -0.0372. The molecule has 0 saturated carbocycles. The number of carbonyl (C=O) groups is 2. The van der Waals surface area contributed by atoms with E-state index in [9.17, 15) is 9.59 Å². The molecule has 0 aliphatic heterocycles. The number of fused-ring (bicyclic) bond motifs is 1. The molecule has 2 aromatic carbocycles. The summed E-state index contributed by atoms with van der Waals surface area (Å²) >= 11 is 5.04. The van der Waals surface area contributed by atoms with E-state index < -0.39 is 12.0 Å². The standard InChI is InChI=1S/C28H27BrN2O5S/c1-4-35-23-11-10-17(14-24(23)34-3)21(16-27(32)36-5-2)31-28(33)19-15-22(25-12-13-26(29)37-25)30-20-9-7-6-8-18(19)20/h6-15,21H,4-5,16H2,1-3H3,(H,31,33). The average Bonchev–Trinajstić information content (AvgIpc) is 3.34. The van der Waals surface area contributed by atoms with E-state index in [1.165, 1.54) is 11.3 Å². The summed E-state index contributed by atoms with van der Waals surface area (Å²) in [5, 5.41) is 3.77. The van der Waals surface area contributed by atoms with Crippen molar-refractivity contribution >= 4 is 50.0 Å². The molecule has 2 heterocycles. The van der Waals surface area contributed by atoms with E-state index in [0.29, 0.717) is 40.4 Å². The first kappa shape index (κ1) is 26.6. The minimum atomic E-state index is -0.651. The molecule has 192 valence electrons. The van der Waals surface area contributed by atoms with E-state index in [2.05, 4.69) is 21.2 Å². The number of nitrogens with one attached hydrogen (secondary N) is 1. The van der Waals surface area contributed by atoms with Crippen molar-refractivity contribution in [3.05, 3.63) is 75.6 Å². The van der Waals surface area contributed by atoms with Gasteiger partial charge in [0.15, 0.2) is 11.5 Å². The smallest absolute Gasteiger partial charge is 0.308 e. The lowest BCUT2D eigenvalue weighted by atomic mass is 10.0. The molecule has 37 heavy (non-hydrogen) atoms. The van der Waals surface area contributed by atoms with Gasteiger partial charge >= 0.3 is 5.97 Å². The molecule has 1 unspecified atom stereocenters. The van der Waals surface area contributed by atoms with Crippen molar-refractivity contribution < 1.29 is 23.8 Å². The SMILES string of the molecule is CCOC(=O)CC(NC(=O)c1cc(-c2ccc(Br)s2)nc2ccccc12)c1ccc(OCC)c(OC)c1. The van der Waals surface area contributed by atoms with E-state index in [0.717, 1.165) is 14.0 Å². The maximum Gasteiger partial charge on any atom is 0.308 e. The molecular formula is C28H27BrN2O5S. The number of benzene rings is 2. The summed E-state index contributed by atoms with van der Waals surface area (Å²) < 4.78 is 17.3. The summed E-state index contributed by atoms with van der Waals surface area (Å²) in [4.78, 5) is 31.9. The Morgan fingerprint density at radius 2 is 1.84 bits per heavy atom. The average molecular weight is 584 g/mol. The summed E-state index contributed by atoms with van der Waals surface area (Å²) in [6.45, 7) is 4.37. The van der Waals surface area contributed by atoms with Gasteiger partial charge in [-0.25, -0.2) is 4.98 Å². The number of methoxy groups -OCH3 is 1. The van der Waals surface area contributed by atoms with E-state index in [1.54, 1.807) is 32.2 Å². The molecule has 0 spiro atoms. The largest absolute Gasteiger partial charge is 0.493 e. The van der Waals surface area contributed by atoms with Gasteiger partial charge in [0, 0.05) is 5.39 Å². The van der Waals surface area contributed by atoms with Crippen molar-refractivity contribution in [2.45, 2.75) is 26.3 Å². The van der Waals surface area contributed by atoms with Crippen LogP contribution in [0.2, 0.25) is 0 Å². The van der Waals surface area contributed by atoms with Gasteiger partial charge in [0.2, 0.25) is 0 Å². The number of para-hydroxylation sites is 1. The number of aromatic nitrogens is 1. The molecule has 0 aliphatic carbocycles. The predicted octanol–water partition coefficient (Wildman–Crippen LogP) is 6.56. The zero-order valence-electron chi connectivity index (χ0n) is 20.7. The monoisotopic (exact) mass is 582 g/mol. The van der Waals surface area contributed by atoms with Crippen molar-refractivity contribution in [2.75, 3.05) is 20.3 Å². The van der Waals surface area contributed by atoms with Crippen LogP contribution in [-0.2, 0) is 9.53 Å². The highest BCUT2D eigenvalue weighted by Gasteiger charge is 2.23. The van der Waals surface area contributed by atoms with Gasteiger partial charge in [-0.2, -0.15) is 0 Å². The first-order valence-corrected chi connectivity index (χ1v) is 13.5. The lowest BCUT2D eigenvalue weighted by Crippen LogP contribution is -2.31. The van der Waals surface area contributed by atoms with Crippen LogP contribution in [0.3, 0.4) is 0 Å². The maximum absolute atomic E-state index is 13.7. The van der Waals surface area contributed by atoms with Crippen molar-refractivity contribution in [1.29, 1.82) is 0 Å². The quantitative estimate of drug-likeness (QED) is 0.213. The second-order valence-electron chi connectivity index (χ2n) is 8.05. The normalized spacial score (nSPS) is 11.7. The van der Waals surface area contributed by atoms with Crippen LogP contribution in [0.5, 0.6) is 11.5 Å². The van der Waals surface area contributed by atoms with Crippen LogP contribution in [0.25, 0.3) is 21.5 Å². The fourth-order valence-corrected chi connectivity index (χ4v) is 5.34. The number of rotatable bonds is 10. The molecule has 4 rings (SSSR count). The highest BCUT2D eigenvalue weighted by Crippen LogP contribution is 2.34. The first-order valence-electron chi connectivity index (χ1n) is 11.9. The van der Waals surface area contributed by atoms with Crippen LogP contribution in [-0.4, -0.2) is 37.2 Å². The van der Waals surface area contributed by atoms with Crippen LogP contribution in [0.1, 0.15) is 42.2 Å². The second-order valence-corrected chi connectivity index (χ2v) is 10.5. The molecule has 0 saturated heterocycles. The van der Waals surface area contributed by atoms with Gasteiger partial charge in [0.25, 0.3) is 5.91 Å². The number of carbonyl (C=O) groups excluding carboxylic acids is 2. The number of esters is 1. The lowest BCUT2D eigenvalue weighted by molar-refractivity contribution is -0.143. The Bertz CT molecular complexity index is 1420. The number of hydrogen-bond donors (Lipinski definition) is 1. The molecule has 1 N–H and O–H groups in total. The minimum absolute atomic E-state index is 0.0372. The Morgan fingerprint density at radius 3 is 2.54 bits per heavy atom. The third kappa shape index (κ3) is 6.29. The van der Waals surface area contributed by atoms with Gasteiger partial charge in [-0.1, -0.05) is 24.3 Å². The van der Waals surface area contributed by atoms with Crippen LogP contribution in [0, 0.1) is 0 Å². The fraction of sp³-hybridized carbons (Fsp3) is 0.250. The number of amides is 1. The van der Waals surface area contributed by atoms with Gasteiger partial charge in [-0.05, 0) is 71.7 Å². The van der Waals surface area contributed by atoms with Crippen molar-refractivity contribution in [3.8, 4) is 22.1 Å². The van der Waals surface area contributed by atoms with Crippen LogP contribution in [0.4, 0.5) is 0 Å². The van der Waals surface area contributed by atoms with Gasteiger partial charge in [0.1, 0.15) is 0 Å². The fourth-order valence-electron chi connectivity index (χ4n) is 3.99. The van der Waals surface area contributed by atoms with Gasteiger partial charge in [-0.3, -0.25) is 9.59 Å². The second kappa shape index (κ2) is 12.2. The van der Waals surface area contributed by atoms with E-state index >= 15 is 0 Å². The number of hydrogen-bond acceptors (Lipinski definition) is 7. The molecule has 7 nitrogen and oxygen atoms in total. The van der Waals surface area contributed by atoms with Crippen LogP contribution in [0.15, 0.2) is 64.5 Å². The molecule has 0 aliphatic rings. The van der Waals surface area contributed by atoms with Crippen molar-refractivity contribution in [2.24, 2.45) is 0 Å². The van der Waals surface area contributed by atoms with Crippen molar-refractivity contribution in [3.63, 3.8) is 0 Å². The zero-order valence-corrected chi connectivity index (χ0v) is 23.1. The Hall–Kier alpha value is -3.43. The predicted molar refractivity (Wildman–Crippen MR) is 148 cm³/mol. The first-order chi connectivity index (χ1) is 17.9. The summed E-state index contributed by atoms with van der Waals surface area (Å²) in [5.41, 5.74) is 2.57. The molecule has 9 heteroatoms. The Kier molecular flexibility index (Phi) is 8.78. The highest BCUT2D eigenvalue weighted by atomic mass is 79.9. The summed E-state index contributed by atoms with van der Waals surface area (Å²) in [7, 11) is 1.55. The van der Waals surface area contributed by atoms with E-state index in [4.69, 9.17) is 19.2 Å². The van der Waals surface area contributed by atoms with Crippen LogP contribution < -0.4 is 14.8 Å².